The number of aryl methyl sites for hydroxylation is 2. The van der Waals surface area contributed by atoms with Gasteiger partial charge < -0.3 is 5.32 Å². The number of para-hydroxylation sites is 2. The fourth-order valence-corrected chi connectivity index (χ4v) is 3.73. The van der Waals surface area contributed by atoms with E-state index in [1.165, 1.54) is 6.33 Å². The topological polar surface area (TPSA) is 88.5 Å². The number of rotatable bonds is 6. The summed E-state index contributed by atoms with van der Waals surface area (Å²) in [6.07, 6.45) is 1.49. The predicted molar refractivity (Wildman–Crippen MR) is 113 cm³/mol. The van der Waals surface area contributed by atoms with Crippen molar-refractivity contribution in [1.82, 2.24) is 25.0 Å². The molecule has 0 aliphatic carbocycles. The lowest BCUT2D eigenvalue weighted by molar-refractivity contribution is 0.102. The average Bonchev–Trinajstić information content (AvgIpc) is 3.36. The Balaban J connectivity index is 1.48. The molecule has 0 radical (unpaired) electrons. The molecule has 0 spiro atoms. The standard InChI is InChI=1S/C21H20N6OS/c1-14-11-15(2)27(26-14)19-6-4-3-5-18(19)24-20(28)17-9-7-16(8-10-17)12-29-21-22-13-23-25-21/h3-11,13H,12H2,1-2H3,(H,24,28)(H,22,23,25). The minimum Gasteiger partial charge on any atom is -0.320 e. The molecule has 2 heterocycles. The van der Waals surface area contributed by atoms with Gasteiger partial charge in [0.2, 0.25) is 0 Å². The van der Waals surface area contributed by atoms with E-state index in [4.69, 9.17) is 0 Å². The third-order valence-corrected chi connectivity index (χ3v) is 5.32. The Kier molecular flexibility index (Phi) is 5.44. The fraction of sp³-hybridized carbons (Fsp3) is 0.143. The smallest absolute Gasteiger partial charge is 0.255 e. The third kappa shape index (κ3) is 4.38. The number of thioether (sulfide) groups is 1. The molecule has 0 atom stereocenters. The molecule has 2 aromatic heterocycles. The van der Waals surface area contributed by atoms with Crippen LogP contribution in [0.2, 0.25) is 0 Å². The molecule has 2 aromatic carbocycles. The monoisotopic (exact) mass is 404 g/mol. The highest BCUT2D eigenvalue weighted by Gasteiger charge is 2.12. The highest BCUT2D eigenvalue weighted by atomic mass is 32.2. The molecule has 2 N–H and O–H groups in total. The Hall–Kier alpha value is -3.39. The molecular formula is C21H20N6OS. The molecular weight excluding hydrogens is 384 g/mol. The average molecular weight is 404 g/mol. The lowest BCUT2D eigenvalue weighted by atomic mass is 10.1. The number of carbonyl (C=O) groups excluding carboxylic acids is 1. The van der Waals surface area contributed by atoms with Crippen LogP contribution in [0.25, 0.3) is 5.69 Å². The number of benzene rings is 2. The zero-order valence-corrected chi connectivity index (χ0v) is 16.9. The molecule has 0 bridgehead atoms. The van der Waals surface area contributed by atoms with Crippen LogP contribution in [0, 0.1) is 13.8 Å². The quantitative estimate of drug-likeness (QED) is 0.471. The van der Waals surface area contributed by atoms with Crippen LogP contribution in [0.3, 0.4) is 0 Å². The second-order valence-corrected chi connectivity index (χ2v) is 7.55. The summed E-state index contributed by atoms with van der Waals surface area (Å²) in [7, 11) is 0. The van der Waals surface area contributed by atoms with Gasteiger partial charge in [0, 0.05) is 17.0 Å². The van der Waals surface area contributed by atoms with Crippen molar-refractivity contribution in [2.24, 2.45) is 0 Å². The van der Waals surface area contributed by atoms with E-state index in [0.29, 0.717) is 11.3 Å². The van der Waals surface area contributed by atoms with Crippen molar-refractivity contribution in [3.05, 3.63) is 83.4 Å². The molecule has 4 rings (SSSR count). The molecule has 7 nitrogen and oxygen atoms in total. The van der Waals surface area contributed by atoms with Crippen molar-refractivity contribution in [1.29, 1.82) is 0 Å². The number of aromatic amines is 1. The first kappa shape index (κ1) is 18.9. The SMILES string of the molecule is Cc1cc(C)n(-c2ccccc2NC(=O)c2ccc(CSc3ncn[nH]3)cc2)n1. The third-order valence-electron chi connectivity index (χ3n) is 4.37. The minimum absolute atomic E-state index is 0.159. The zero-order valence-electron chi connectivity index (χ0n) is 16.1. The van der Waals surface area contributed by atoms with Gasteiger partial charge in [0.25, 0.3) is 5.91 Å². The number of nitrogens with zero attached hydrogens (tertiary/aromatic N) is 4. The van der Waals surface area contributed by atoms with E-state index in [0.717, 1.165) is 33.5 Å². The van der Waals surface area contributed by atoms with Crippen molar-refractivity contribution in [2.45, 2.75) is 24.8 Å². The molecule has 0 unspecified atom stereocenters. The van der Waals surface area contributed by atoms with E-state index in [1.807, 2.05) is 73.1 Å². The van der Waals surface area contributed by atoms with Gasteiger partial charge in [0.1, 0.15) is 6.33 Å². The Morgan fingerprint density at radius 1 is 1.14 bits per heavy atom. The molecule has 146 valence electrons. The zero-order chi connectivity index (χ0) is 20.2. The maximum atomic E-state index is 12.8. The molecule has 0 saturated carbocycles. The molecule has 0 fully saturated rings. The second kappa shape index (κ2) is 8.32. The number of hydrogen-bond donors (Lipinski definition) is 2. The van der Waals surface area contributed by atoms with Gasteiger partial charge in [-0.2, -0.15) is 10.2 Å². The van der Waals surface area contributed by atoms with Crippen LogP contribution in [0.4, 0.5) is 5.69 Å². The van der Waals surface area contributed by atoms with Crippen molar-refractivity contribution in [3.8, 4) is 5.69 Å². The van der Waals surface area contributed by atoms with Crippen LogP contribution in [-0.4, -0.2) is 30.9 Å². The Labute approximate surface area is 172 Å². The maximum absolute atomic E-state index is 12.8. The lowest BCUT2D eigenvalue weighted by Crippen LogP contribution is -2.14. The first-order chi connectivity index (χ1) is 14.1. The van der Waals surface area contributed by atoms with Gasteiger partial charge in [0.15, 0.2) is 5.16 Å². The highest BCUT2D eigenvalue weighted by Crippen LogP contribution is 2.23. The number of nitrogens with one attached hydrogen (secondary N) is 2. The normalized spacial score (nSPS) is 10.8. The van der Waals surface area contributed by atoms with E-state index in [9.17, 15) is 4.79 Å². The Bertz CT molecular complexity index is 1120. The van der Waals surface area contributed by atoms with Gasteiger partial charge in [-0.1, -0.05) is 36.0 Å². The summed E-state index contributed by atoms with van der Waals surface area (Å²) in [6, 6.07) is 17.2. The molecule has 4 aromatic rings. The summed E-state index contributed by atoms with van der Waals surface area (Å²) in [5.74, 6) is 0.589. The van der Waals surface area contributed by atoms with E-state index < -0.39 is 0 Å². The Morgan fingerprint density at radius 2 is 1.93 bits per heavy atom. The number of hydrogen-bond acceptors (Lipinski definition) is 5. The lowest BCUT2D eigenvalue weighted by Gasteiger charge is -2.12. The molecule has 0 aliphatic heterocycles. The van der Waals surface area contributed by atoms with Crippen molar-refractivity contribution in [2.75, 3.05) is 5.32 Å². The number of amides is 1. The molecule has 29 heavy (non-hydrogen) atoms. The van der Waals surface area contributed by atoms with Crippen molar-refractivity contribution >= 4 is 23.4 Å². The second-order valence-electron chi connectivity index (χ2n) is 6.59. The molecule has 0 saturated heterocycles. The summed E-state index contributed by atoms with van der Waals surface area (Å²) in [5, 5.41) is 15.0. The van der Waals surface area contributed by atoms with Gasteiger partial charge in [-0.3, -0.25) is 9.89 Å². The van der Waals surface area contributed by atoms with Gasteiger partial charge in [-0.25, -0.2) is 9.67 Å². The van der Waals surface area contributed by atoms with E-state index in [2.05, 4.69) is 25.6 Å². The summed E-state index contributed by atoms with van der Waals surface area (Å²) in [5.41, 5.74) is 5.20. The molecule has 0 aliphatic rings. The number of H-pyrrole nitrogens is 1. The Morgan fingerprint density at radius 3 is 2.62 bits per heavy atom. The fourth-order valence-electron chi connectivity index (χ4n) is 3.00. The minimum atomic E-state index is -0.159. The summed E-state index contributed by atoms with van der Waals surface area (Å²) < 4.78 is 1.84. The largest absolute Gasteiger partial charge is 0.320 e. The number of aromatic nitrogens is 5. The van der Waals surface area contributed by atoms with Crippen LogP contribution < -0.4 is 5.32 Å². The van der Waals surface area contributed by atoms with Crippen molar-refractivity contribution < 1.29 is 4.79 Å². The molecule has 1 amide bonds. The van der Waals surface area contributed by atoms with Gasteiger partial charge in [-0.15, -0.1) is 0 Å². The van der Waals surface area contributed by atoms with Crippen molar-refractivity contribution in [3.63, 3.8) is 0 Å². The predicted octanol–water partition coefficient (Wildman–Crippen LogP) is 4.15. The maximum Gasteiger partial charge on any atom is 0.255 e. The van der Waals surface area contributed by atoms with Crippen LogP contribution in [0.1, 0.15) is 27.3 Å². The van der Waals surface area contributed by atoms with Crippen LogP contribution in [0.15, 0.2) is 66.1 Å². The van der Waals surface area contributed by atoms with E-state index in [1.54, 1.807) is 11.8 Å². The first-order valence-corrected chi connectivity index (χ1v) is 10.1. The van der Waals surface area contributed by atoms with Gasteiger partial charge >= 0.3 is 0 Å². The van der Waals surface area contributed by atoms with Gasteiger partial charge in [0.05, 0.1) is 17.1 Å². The summed E-state index contributed by atoms with van der Waals surface area (Å²) >= 11 is 1.56. The summed E-state index contributed by atoms with van der Waals surface area (Å²) in [6.45, 7) is 3.95. The van der Waals surface area contributed by atoms with Crippen LogP contribution in [0.5, 0.6) is 0 Å². The summed E-state index contributed by atoms with van der Waals surface area (Å²) in [4.78, 5) is 16.9. The van der Waals surface area contributed by atoms with E-state index in [-0.39, 0.29) is 5.91 Å². The first-order valence-electron chi connectivity index (χ1n) is 9.11. The van der Waals surface area contributed by atoms with Crippen LogP contribution in [-0.2, 0) is 5.75 Å². The van der Waals surface area contributed by atoms with Gasteiger partial charge in [-0.05, 0) is 49.7 Å². The highest BCUT2D eigenvalue weighted by molar-refractivity contribution is 7.98. The number of carbonyl (C=O) groups is 1. The molecule has 8 heteroatoms. The van der Waals surface area contributed by atoms with Crippen LogP contribution >= 0.6 is 11.8 Å². The van der Waals surface area contributed by atoms with E-state index >= 15 is 0 Å². The number of anilines is 1.